The van der Waals surface area contributed by atoms with E-state index in [0.717, 1.165) is 18.3 Å². The smallest absolute Gasteiger partial charge is 0.139 e. The molecular formula is C10H14O. The molecule has 11 heavy (non-hydrogen) atoms. The summed E-state index contributed by atoms with van der Waals surface area (Å²) in [6.45, 7) is 0. The zero-order chi connectivity index (χ0) is 7.47. The van der Waals surface area contributed by atoms with Gasteiger partial charge in [0.2, 0.25) is 0 Å². The fourth-order valence-electron chi connectivity index (χ4n) is 3.91. The Labute approximate surface area is 67.2 Å². The molecule has 0 aromatic carbocycles. The Hall–Kier alpha value is -0.330. The predicted molar refractivity (Wildman–Crippen MR) is 42.1 cm³/mol. The first-order valence-corrected chi connectivity index (χ1v) is 4.86. The average molecular weight is 150 g/mol. The number of rotatable bonds is 0. The summed E-state index contributed by atoms with van der Waals surface area (Å²) in [4.78, 5) is 11.6. The van der Waals surface area contributed by atoms with Crippen LogP contribution in [0.5, 0.6) is 0 Å². The summed E-state index contributed by atoms with van der Waals surface area (Å²) in [6.07, 6.45) is 7.44. The van der Waals surface area contributed by atoms with E-state index in [4.69, 9.17) is 0 Å². The number of carbonyl (C=O) groups excluding carboxylic acids is 1. The highest BCUT2D eigenvalue weighted by Gasteiger charge is 2.60. The van der Waals surface area contributed by atoms with Gasteiger partial charge in [0.15, 0.2) is 0 Å². The standard InChI is InChI=1S/C10H14O/c11-9-6-7-3-5-10(9)4-1-2-8(7)10/h7-8H,1-6H2/t7-,8-,10+/m0/s1. The minimum atomic E-state index is 0.241. The van der Waals surface area contributed by atoms with Crippen LogP contribution in [-0.2, 0) is 4.79 Å². The van der Waals surface area contributed by atoms with E-state index in [9.17, 15) is 4.79 Å². The SMILES string of the molecule is O=C1C[C@@H]2CC[C@@]13CCC[C@@H]23. The largest absolute Gasteiger partial charge is 0.299 e. The lowest BCUT2D eigenvalue weighted by molar-refractivity contribution is -0.127. The molecule has 0 aromatic rings. The van der Waals surface area contributed by atoms with Gasteiger partial charge in [-0.15, -0.1) is 0 Å². The van der Waals surface area contributed by atoms with Gasteiger partial charge in [0.1, 0.15) is 5.78 Å². The molecule has 0 unspecified atom stereocenters. The Balaban J connectivity index is 2.09. The molecule has 0 spiro atoms. The molecule has 3 saturated carbocycles. The van der Waals surface area contributed by atoms with Gasteiger partial charge in [-0.05, 0) is 37.5 Å². The predicted octanol–water partition coefficient (Wildman–Crippen LogP) is 2.16. The van der Waals surface area contributed by atoms with Gasteiger partial charge < -0.3 is 0 Å². The van der Waals surface area contributed by atoms with Crippen LogP contribution in [0.2, 0.25) is 0 Å². The molecule has 3 aliphatic carbocycles. The normalized spacial score (nSPS) is 53.6. The molecule has 3 fully saturated rings. The van der Waals surface area contributed by atoms with Gasteiger partial charge in [0.25, 0.3) is 0 Å². The Morgan fingerprint density at radius 3 is 2.91 bits per heavy atom. The van der Waals surface area contributed by atoms with Crippen molar-refractivity contribution in [1.29, 1.82) is 0 Å². The molecule has 0 aromatic heterocycles. The maximum absolute atomic E-state index is 11.6. The van der Waals surface area contributed by atoms with Gasteiger partial charge in [-0.3, -0.25) is 4.79 Å². The minimum Gasteiger partial charge on any atom is -0.299 e. The van der Waals surface area contributed by atoms with Crippen LogP contribution >= 0.6 is 0 Å². The quantitative estimate of drug-likeness (QED) is 0.517. The molecular weight excluding hydrogens is 136 g/mol. The Morgan fingerprint density at radius 2 is 2.18 bits per heavy atom. The van der Waals surface area contributed by atoms with Crippen LogP contribution in [0.3, 0.4) is 0 Å². The Kier molecular flexibility index (Phi) is 0.961. The van der Waals surface area contributed by atoms with E-state index in [1.807, 2.05) is 0 Å². The van der Waals surface area contributed by atoms with Crippen LogP contribution in [0.1, 0.15) is 38.5 Å². The van der Waals surface area contributed by atoms with Gasteiger partial charge >= 0.3 is 0 Å². The molecule has 1 nitrogen and oxygen atoms in total. The maximum atomic E-state index is 11.6. The molecule has 0 heterocycles. The van der Waals surface area contributed by atoms with Gasteiger partial charge in [0, 0.05) is 11.8 Å². The summed E-state index contributed by atoms with van der Waals surface area (Å²) in [5, 5.41) is 0. The second kappa shape index (κ2) is 1.70. The molecule has 0 N–H and O–H groups in total. The monoisotopic (exact) mass is 150 g/mol. The molecule has 2 bridgehead atoms. The Morgan fingerprint density at radius 1 is 1.27 bits per heavy atom. The summed E-state index contributed by atoms with van der Waals surface area (Å²) in [5.74, 6) is 2.26. The lowest BCUT2D eigenvalue weighted by Gasteiger charge is -2.22. The van der Waals surface area contributed by atoms with Crippen molar-refractivity contribution in [2.45, 2.75) is 38.5 Å². The fourth-order valence-corrected chi connectivity index (χ4v) is 3.91. The third-order valence-electron chi connectivity index (χ3n) is 4.38. The van der Waals surface area contributed by atoms with Crippen LogP contribution in [0.15, 0.2) is 0 Å². The molecule has 60 valence electrons. The summed E-state index contributed by atoms with van der Waals surface area (Å²) >= 11 is 0. The second-order valence-corrected chi connectivity index (χ2v) is 4.58. The van der Waals surface area contributed by atoms with Gasteiger partial charge in [-0.2, -0.15) is 0 Å². The van der Waals surface area contributed by atoms with Crippen molar-refractivity contribution in [2.75, 3.05) is 0 Å². The average Bonchev–Trinajstić information content (AvgIpc) is 2.54. The van der Waals surface area contributed by atoms with Crippen LogP contribution in [-0.4, -0.2) is 5.78 Å². The van der Waals surface area contributed by atoms with Crippen molar-refractivity contribution in [3.8, 4) is 0 Å². The number of carbonyl (C=O) groups is 1. The van der Waals surface area contributed by atoms with E-state index >= 15 is 0 Å². The molecule has 3 atom stereocenters. The van der Waals surface area contributed by atoms with E-state index < -0.39 is 0 Å². The van der Waals surface area contributed by atoms with E-state index in [1.165, 1.54) is 32.1 Å². The topological polar surface area (TPSA) is 17.1 Å². The van der Waals surface area contributed by atoms with Crippen molar-refractivity contribution in [3.63, 3.8) is 0 Å². The van der Waals surface area contributed by atoms with Crippen LogP contribution in [0.25, 0.3) is 0 Å². The zero-order valence-electron chi connectivity index (χ0n) is 6.81. The third kappa shape index (κ3) is 0.533. The van der Waals surface area contributed by atoms with Crippen molar-refractivity contribution in [1.82, 2.24) is 0 Å². The van der Waals surface area contributed by atoms with E-state index in [1.54, 1.807) is 0 Å². The fraction of sp³-hybridized carbons (Fsp3) is 0.900. The summed E-state index contributed by atoms with van der Waals surface area (Å²) in [7, 11) is 0. The molecule has 1 heteroatoms. The zero-order valence-corrected chi connectivity index (χ0v) is 6.81. The molecule has 3 aliphatic rings. The first kappa shape index (κ1) is 6.22. The summed E-state index contributed by atoms with van der Waals surface area (Å²) < 4.78 is 0. The van der Waals surface area contributed by atoms with Crippen molar-refractivity contribution >= 4 is 5.78 Å². The van der Waals surface area contributed by atoms with Gasteiger partial charge in [-0.25, -0.2) is 0 Å². The van der Waals surface area contributed by atoms with Crippen molar-refractivity contribution in [3.05, 3.63) is 0 Å². The number of ketones is 1. The number of hydrogen-bond donors (Lipinski definition) is 0. The summed E-state index contributed by atoms with van der Waals surface area (Å²) in [5.41, 5.74) is 0.241. The highest BCUT2D eigenvalue weighted by atomic mass is 16.1. The van der Waals surface area contributed by atoms with Crippen molar-refractivity contribution < 1.29 is 4.79 Å². The van der Waals surface area contributed by atoms with E-state index in [2.05, 4.69) is 0 Å². The molecule has 0 radical (unpaired) electrons. The summed E-state index contributed by atoms with van der Waals surface area (Å²) in [6, 6.07) is 0. The van der Waals surface area contributed by atoms with Crippen LogP contribution < -0.4 is 0 Å². The number of hydrogen-bond acceptors (Lipinski definition) is 1. The molecule has 0 saturated heterocycles. The van der Waals surface area contributed by atoms with Crippen LogP contribution in [0, 0.1) is 17.3 Å². The highest BCUT2D eigenvalue weighted by molar-refractivity contribution is 5.89. The first-order chi connectivity index (χ1) is 5.33. The third-order valence-corrected chi connectivity index (χ3v) is 4.38. The van der Waals surface area contributed by atoms with E-state index in [-0.39, 0.29) is 5.41 Å². The van der Waals surface area contributed by atoms with Gasteiger partial charge in [0.05, 0.1) is 0 Å². The Bertz CT molecular complexity index is 217. The molecule has 3 rings (SSSR count). The maximum Gasteiger partial charge on any atom is 0.139 e. The lowest BCUT2D eigenvalue weighted by Crippen LogP contribution is -2.25. The van der Waals surface area contributed by atoms with E-state index in [0.29, 0.717) is 5.78 Å². The lowest BCUT2D eigenvalue weighted by atomic mass is 9.80. The molecule has 0 amide bonds. The minimum absolute atomic E-state index is 0.241. The number of Topliss-reactive ketones (excluding diaryl/α,β-unsaturated/α-hetero) is 1. The molecule has 0 aliphatic heterocycles. The second-order valence-electron chi connectivity index (χ2n) is 4.58. The first-order valence-electron chi connectivity index (χ1n) is 4.86. The van der Waals surface area contributed by atoms with Gasteiger partial charge in [-0.1, -0.05) is 6.42 Å². The van der Waals surface area contributed by atoms with Crippen molar-refractivity contribution in [2.24, 2.45) is 17.3 Å². The highest BCUT2D eigenvalue weighted by Crippen LogP contribution is 2.63. The van der Waals surface area contributed by atoms with Crippen LogP contribution in [0.4, 0.5) is 0 Å².